The number of nitrogens with zero attached hydrogens (tertiary/aromatic N) is 2. The molecule has 4 rings (SSSR count). The Hall–Kier alpha value is -2.22. The lowest BCUT2D eigenvalue weighted by molar-refractivity contribution is -0.445. The largest absolute Gasteiger partial charge is 0.325 e. The fourth-order valence-corrected chi connectivity index (χ4v) is 4.33. The smallest absolute Gasteiger partial charge is 0.242 e. The number of hydrogen-bond donors (Lipinski definition) is 1. The molecule has 2 atom stereocenters. The topological polar surface area (TPSA) is 75.5 Å². The van der Waals surface area contributed by atoms with Gasteiger partial charge in [-0.3, -0.25) is 19.8 Å². The van der Waals surface area contributed by atoms with Crippen LogP contribution in [-0.2, 0) is 4.79 Å². The quantitative estimate of drug-likeness (QED) is 0.390. The fourth-order valence-electron chi connectivity index (χ4n) is 3.96. The first kappa shape index (κ1) is 27.0. The summed E-state index contributed by atoms with van der Waals surface area (Å²) in [5.41, 5.74) is 1.17. The minimum Gasteiger partial charge on any atom is -0.325 e. The Labute approximate surface area is 204 Å². The number of halogens is 3. The third-order valence-corrected chi connectivity index (χ3v) is 5.96. The monoisotopic (exact) mass is 497 g/mol. The fraction of sp³-hybridized carbons (Fsp3) is 0.458. The van der Waals surface area contributed by atoms with Crippen LogP contribution in [0.15, 0.2) is 42.5 Å². The number of nitro groups is 1. The number of hydrogen-bond acceptors (Lipinski definition) is 4. The Morgan fingerprint density at radius 3 is 2.42 bits per heavy atom. The molecule has 1 heterocycles. The van der Waals surface area contributed by atoms with Crippen LogP contribution < -0.4 is 5.32 Å². The Bertz CT molecular complexity index is 952. The molecule has 0 radical (unpaired) electrons. The maximum Gasteiger partial charge on any atom is 0.242 e. The molecule has 180 valence electrons. The molecule has 2 fully saturated rings. The summed E-state index contributed by atoms with van der Waals surface area (Å²) in [6.07, 6.45) is 3.14. The lowest BCUT2D eigenvalue weighted by Gasteiger charge is -2.28. The predicted molar refractivity (Wildman–Crippen MR) is 131 cm³/mol. The van der Waals surface area contributed by atoms with Gasteiger partial charge in [-0.1, -0.05) is 55.2 Å². The molecule has 1 aliphatic carbocycles. The van der Waals surface area contributed by atoms with E-state index in [0.29, 0.717) is 22.2 Å². The highest BCUT2D eigenvalue weighted by molar-refractivity contribution is 6.31. The van der Waals surface area contributed by atoms with Crippen LogP contribution in [0, 0.1) is 21.8 Å². The average molecular weight is 498 g/mol. The van der Waals surface area contributed by atoms with Gasteiger partial charge in [0.05, 0.1) is 11.1 Å². The van der Waals surface area contributed by atoms with E-state index in [9.17, 15) is 9.18 Å². The minimum atomic E-state index is -0.500. The highest BCUT2D eigenvalue weighted by atomic mass is 35.5. The zero-order chi connectivity index (χ0) is 24.5. The summed E-state index contributed by atoms with van der Waals surface area (Å²) >= 11 is 12.0. The minimum absolute atomic E-state index is 0.0992. The highest BCUT2D eigenvalue weighted by Gasteiger charge is 2.43. The van der Waals surface area contributed by atoms with E-state index in [4.69, 9.17) is 33.3 Å². The summed E-state index contributed by atoms with van der Waals surface area (Å²) in [7, 11) is 0.889. The van der Waals surface area contributed by atoms with Crippen molar-refractivity contribution in [1.82, 2.24) is 4.90 Å². The standard InChI is InChI=1S/C21H21Cl2FN2O.C2H6.CH3NO2/c22-14-3-1-4-15(11-14)25-21(27)20-17(9-10-26(20)12-13-7-8-13)16-5-2-6-18(23)19(16)24;1-2;1-2(3)4/h1-6,11,13,17,20H,7-10,12H2,(H,25,27);1-2H3;1H3. The Morgan fingerprint density at radius 2 is 1.82 bits per heavy atom. The second-order valence-corrected chi connectivity index (χ2v) is 8.70. The molecule has 2 aliphatic rings. The van der Waals surface area contributed by atoms with Crippen molar-refractivity contribution < 1.29 is 14.1 Å². The van der Waals surface area contributed by atoms with Crippen molar-refractivity contribution in [2.24, 2.45) is 5.92 Å². The number of anilines is 1. The molecular formula is C24H30Cl2FN3O3. The van der Waals surface area contributed by atoms with Crippen molar-refractivity contribution >= 4 is 34.8 Å². The second kappa shape index (κ2) is 12.9. The van der Waals surface area contributed by atoms with Gasteiger partial charge in [0.25, 0.3) is 0 Å². The molecule has 0 spiro atoms. The normalized spacial score (nSPS) is 19.6. The maximum atomic E-state index is 14.7. The van der Waals surface area contributed by atoms with E-state index in [1.165, 1.54) is 12.8 Å². The van der Waals surface area contributed by atoms with Crippen LogP contribution in [0.4, 0.5) is 10.1 Å². The molecule has 33 heavy (non-hydrogen) atoms. The van der Waals surface area contributed by atoms with Crippen LogP contribution in [0.2, 0.25) is 10.0 Å². The zero-order valence-corrected chi connectivity index (χ0v) is 20.6. The summed E-state index contributed by atoms with van der Waals surface area (Å²) < 4.78 is 14.7. The van der Waals surface area contributed by atoms with Crippen LogP contribution in [-0.4, -0.2) is 41.9 Å². The average Bonchev–Trinajstić information content (AvgIpc) is 3.48. The zero-order valence-electron chi connectivity index (χ0n) is 19.1. The molecule has 1 N–H and O–H groups in total. The first-order chi connectivity index (χ1) is 15.8. The molecule has 2 aromatic carbocycles. The van der Waals surface area contributed by atoms with Crippen LogP contribution >= 0.6 is 23.2 Å². The number of nitrogens with one attached hydrogen (secondary N) is 1. The highest BCUT2D eigenvalue weighted by Crippen LogP contribution is 2.40. The summed E-state index contributed by atoms with van der Waals surface area (Å²) in [6, 6.07) is 11.7. The van der Waals surface area contributed by atoms with Gasteiger partial charge in [-0.15, -0.1) is 0 Å². The molecule has 2 aromatic rings. The van der Waals surface area contributed by atoms with Gasteiger partial charge >= 0.3 is 0 Å². The molecule has 1 saturated heterocycles. The van der Waals surface area contributed by atoms with E-state index >= 15 is 0 Å². The molecule has 0 bridgehead atoms. The van der Waals surface area contributed by atoms with Crippen LogP contribution in [0.3, 0.4) is 0 Å². The van der Waals surface area contributed by atoms with Gasteiger partial charge in [0, 0.05) is 28.1 Å². The van der Waals surface area contributed by atoms with Gasteiger partial charge in [-0.25, -0.2) is 4.39 Å². The van der Waals surface area contributed by atoms with E-state index in [0.717, 1.165) is 26.6 Å². The molecule has 1 saturated carbocycles. The third kappa shape index (κ3) is 7.95. The maximum absolute atomic E-state index is 14.7. The number of benzene rings is 2. The Kier molecular flexibility index (Phi) is 10.5. The van der Waals surface area contributed by atoms with Crippen molar-refractivity contribution in [3.05, 3.63) is 74.0 Å². The van der Waals surface area contributed by atoms with E-state index < -0.39 is 16.8 Å². The molecule has 9 heteroatoms. The van der Waals surface area contributed by atoms with E-state index in [1.54, 1.807) is 42.5 Å². The molecular weight excluding hydrogens is 468 g/mol. The van der Waals surface area contributed by atoms with Crippen molar-refractivity contribution in [3.63, 3.8) is 0 Å². The Morgan fingerprint density at radius 1 is 1.18 bits per heavy atom. The summed E-state index contributed by atoms with van der Waals surface area (Å²) in [5, 5.41) is 12.4. The van der Waals surface area contributed by atoms with Crippen molar-refractivity contribution in [2.45, 2.75) is 45.1 Å². The number of carbonyl (C=O) groups excluding carboxylic acids is 1. The van der Waals surface area contributed by atoms with Gasteiger partial charge in [0.15, 0.2) is 7.05 Å². The van der Waals surface area contributed by atoms with Crippen molar-refractivity contribution in [2.75, 3.05) is 25.5 Å². The van der Waals surface area contributed by atoms with E-state index in [-0.39, 0.29) is 16.8 Å². The van der Waals surface area contributed by atoms with Crippen LogP contribution in [0.5, 0.6) is 0 Å². The van der Waals surface area contributed by atoms with E-state index in [2.05, 4.69) is 10.2 Å². The van der Waals surface area contributed by atoms with Gasteiger partial charge in [-0.2, -0.15) is 0 Å². The molecule has 1 amide bonds. The third-order valence-electron chi connectivity index (χ3n) is 5.43. The number of amides is 1. The van der Waals surface area contributed by atoms with Gasteiger partial charge in [-0.05, 0) is 61.6 Å². The summed E-state index contributed by atoms with van der Waals surface area (Å²) in [5.74, 6) is -0.117. The first-order valence-electron chi connectivity index (χ1n) is 11.1. The first-order valence-corrected chi connectivity index (χ1v) is 11.8. The number of likely N-dealkylation sites (tertiary alicyclic amines) is 1. The molecule has 6 nitrogen and oxygen atoms in total. The molecule has 1 aliphatic heterocycles. The Balaban J connectivity index is 0.000000582. The summed E-state index contributed by atoms with van der Waals surface area (Å²) in [4.78, 5) is 23.7. The van der Waals surface area contributed by atoms with Gasteiger partial charge in [0.2, 0.25) is 5.91 Å². The molecule has 0 aromatic heterocycles. The summed E-state index contributed by atoms with van der Waals surface area (Å²) in [6.45, 7) is 5.66. The number of rotatable bonds is 5. The van der Waals surface area contributed by atoms with Crippen LogP contribution in [0.25, 0.3) is 0 Å². The predicted octanol–water partition coefficient (Wildman–Crippen LogP) is 6.26. The van der Waals surface area contributed by atoms with Gasteiger partial charge in [0.1, 0.15) is 5.82 Å². The SMILES string of the molecule is CC.C[N+](=O)[O-].O=C(Nc1cccc(Cl)c1)C1C(c2cccc(Cl)c2F)CCN1CC1CC1. The van der Waals surface area contributed by atoms with Crippen LogP contribution in [0.1, 0.15) is 44.6 Å². The van der Waals surface area contributed by atoms with Gasteiger partial charge < -0.3 is 5.32 Å². The number of carbonyl (C=O) groups is 1. The van der Waals surface area contributed by atoms with Crippen molar-refractivity contribution in [1.29, 1.82) is 0 Å². The lowest BCUT2D eigenvalue weighted by Crippen LogP contribution is -2.43. The van der Waals surface area contributed by atoms with Crippen molar-refractivity contribution in [3.8, 4) is 0 Å². The lowest BCUT2D eigenvalue weighted by atomic mass is 9.90. The molecule has 2 unspecified atom stereocenters. The van der Waals surface area contributed by atoms with E-state index in [1.807, 2.05) is 13.8 Å². The second-order valence-electron chi connectivity index (χ2n) is 7.86.